The van der Waals surface area contributed by atoms with Crippen LogP contribution in [0.15, 0.2) is 16.7 Å². The minimum atomic E-state index is -3.30. The van der Waals surface area contributed by atoms with Gasteiger partial charge in [-0.2, -0.15) is 0 Å². The van der Waals surface area contributed by atoms with Crippen molar-refractivity contribution < 1.29 is 22.7 Å². The largest absolute Gasteiger partial charge is 0.475 e. The van der Waals surface area contributed by atoms with Crippen LogP contribution in [0, 0.1) is 5.92 Å². The molecule has 0 aliphatic heterocycles. The van der Waals surface area contributed by atoms with Gasteiger partial charge in [0.1, 0.15) is 0 Å². The minimum absolute atomic E-state index is 0.0632. The molecule has 0 aliphatic carbocycles. The first-order valence-electron chi connectivity index (χ1n) is 5.35. The Morgan fingerprint density at radius 1 is 1.53 bits per heavy atom. The van der Waals surface area contributed by atoms with Crippen LogP contribution in [0.5, 0.6) is 0 Å². The highest BCUT2D eigenvalue weighted by molar-refractivity contribution is 7.90. The van der Waals surface area contributed by atoms with Crippen molar-refractivity contribution in [1.82, 2.24) is 0 Å². The number of aromatic carboxylic acids is 1. The van der Waals surface area contributed by atoms with Crippen molar-refractivity contribution in [3.63, 3.8) is 0 Å². The summed E-state index contributed by atoms with van der Waals surface area (Å²) in [5.41, 5.74) is 0.209. The number of carboxylic acid groups (broad SMARTS) is 1. The zero-order chi connectivity index (χ0) is 13.1. The van der Waals surface area contributed by atoms with Crippen LogP contribution >= 0.6 is 0 Å². The Balaban J connectivity index is 2.83. The van der Waals surface area contributed by atoms with Crippen LogP contribution in [0.3, 0.4) is 0 Å². The molecule has 0 bridgehead atoms. The van der Waals surface area contributed by atoms with E-state index >= 15 is 0 Å². The Labute approximate surface area is 100 Å². The maximum absolute atomic E-state index is 11.8. The van der Waals surface area contributed by atoms with Gasteiger partial charge in [-0.05, 0) is 12.0 Å². The second-order valence-electron chi connectivity index (χ2n) is 4.15. The number of carboxylic acids is 1. The molecule has 0 saturated carbocycles. The molecule has 1 aromatic rings. The smallest absolute Gasteiger partial charge is 0.372 e. The Bertz CT molecular complexity index is 486. The molecule has 5 nitrogen and oxygen atoms in total. The van der Waals surface area contributed by atoms with E-state index in [-0.39, 0.29) is 28.7 Å². The van der Waals surface area contributed by atoms with Gasteiger partial charge in [0.2, 0.25) is 5.76 Å². The standard InChI is InChI=1S/C11H16O5S/c1-3-8(2)6-17(14,15)7-9-4-5-16-10(9)11(12)13/h4-5,8H,3,6-7H2,1-2H3,(H,12,13). The summed E-state index contributed by atoms with van der Waals surface area (Å²) in [4.78, 5) is 10.8. The summed E-state index contributed by atoms with van der Waals surface area (Å²) in [6.07, 6.45) is 1.97. The SMILES string of the molecule is CCC(C)CS(=O)(=O)Cc1ccoc1C(=O)O. The van der Waals surface area contributed by atoms with Crippen LogP contribution in [0.25, 0.3) is 0 Å². The van der Waals surface area contributed by atoms with Gasteiger partial charge < -0.3 is 9.52 Å². The second kappa shape index (κ2) is 5.35. The minimum Gasteiger partial charge on any atom is -0.475 e. The van der Waals surface area contributed by atoms with Gasteiger partial charge in [0, 0.05) is 5.56 Å². The zero-order valence-corrected chi connectivity index (χ0v) is 10.7. The van der Waals surface area contributed by atoms with E-state index in [9.17, 15) is 13.2 Å². The monoisotopic (exact) mass is 260 g/mol. The zero-order valence-electron chi connectivity index (χ0n) is 9.84. The highest BCUT2D eigenvalue weighted by atomic mass is 32.2. The van der Waals surface area contributed by atoms with E-state index in [2.05, 4.69) is 0 Å². The van der Waals surface area contributed by atoms with Crippen molar-refractivity contribution in [2.45, 2.75) is 26.0 Å². The van der Waals surface area contributed by atoms with E-state index in [1.54, 1.807) is 0 Å². The van der Waals surface area contributed by atoms with Crippen molar-refractivity contribution in [1.29, 1.82) is 0 Å². The first-order valence-corrected chi connectivity index (χ1v) is 7.18. The first kappa shape index (κ1) is 13.8. The topological polar surface area (TPSA) is 84.6 Å². The van der Waals surface area contributed by atoms with Gasteiger partial charge in [-0.3, -0.25) is 0 Å². The molecule has 0 fully saturated rings. The third-order valence-electron chi connectivity index (χ3n) is 2.55. The lowest BCUT2D eigenvalue weighted by atomic mass is 10.2. The molecule has 1 atom stereocenters. The van der Waals surface area contributed by atoms with Crippen molar-refractivity contribution >= 4 is 15.8 Å². The molecule has 17 heavy (non-hydrogen) atoms. The third-order valence-corrected chi connectivity index (χ3v) is 4.38. The molecule has 1 unspecified atom stereocenters. The Hall–Kier alpha value is -1.30. The number of furan rings is 1. The summed E-state index contributed by atoms with van der Waals surface area (Å²) in [5.74, 6) is -1.69. The number of sulfone groups is 1. The predicted octanol–water partition coefficient (Wildman–Crippen LogP) is 1.94. The fourth-order valence-corrected chi connectivity index (χ4v) is 3.41. The molecule has 1 heterocycles. The first-order chi connectivity index (χ1) is 7.85. The highest BCUT2D eigenvalue weighted by Crippen LogP contribution is 2.16. The van der Waals surface area contributed by atoms with Crippen LogP contribution in [0.4, 0.5) is 0 Å². The molecule has 1 aromatic heterocycles. The maximum atomic E-state index is 11.8. The average molecular weight is 260 g/mol. The molecular formula is C11H16O5S. The fraction of sp³-hybridized carbons (Fsp3) is 0.545. The van der Waals surface area contributed by atoms with Gasteiger partial charge >= 0.3 is 5.97 Å². The molecule has 0 aromatic carbocycles. The molecule has 0 saturated heterocycles. The molecule has 96 valence electrons. The molecule has 1 N–H and O–H groups in total. The number of hydrogen-bond acceptors (Lipinski definition) is 4. The summed E-state index contributed by atoms with van der Waals surface area (Å²) in [5, 5.41) is 8.79. The number of carbonyl (C=O) groups is 1. The number of hydrogen-bond donors (Lipinski definition) is 1. The number of rotatable bonds is 6. The van der Waals surface area contributed by atoms with Crippen molar-refractivity contribution in [2.24, 2.45) is 5.92 Å². The van der Waals surface area contributed by atoms with Crippen LogP contribution < -0.4 is 0 Å². The molecule has 0 spiro atoms. The lowest BCUT2D eigenvalue weighted by molar-refractivity contribution is 0.0661. The van der Waals surface area contributed by atoms with Gasteiger partial charge in [-0.15, -0.1) is 0 Å². The van der Waals surface area contributed by atoms with E-state index in [4.69, 9.17) is 9.52 Å². The maximum Gasteiger partial charge on any atom is 0.372 e. The fourth-order valence-electron chi connectivity index (χ4n) is 1.48. The quantitative estimate of drug-likeness (QED) is 0.844. The second-order valence-corrected chi connectivity index (χ2v) is 6.26. The molecular weight excluding hydrogens is 244 g/mol. The summed E-state index contributed by atoms with van der Waals surface area (Å²) < 4.78 is 28.4. The summed E-state index contributed by atoms with van der Waals surface area (Å²) in [6.45, 7) is 3.77. The average Bonchev–Trinajstić information content (AvgIpc) is 2.64. The highest BCUT2D eigenvalue weighted by Gasteiger charge is 2.21. The van der Waals surface area contributed by atoms with Gasteiger partial charge in [-0.1, -0.05) is 20.3 Å². The van der Waals surface area contributed by atoms with Crippen molar-refractivity contribution in [3.8, 4) is 0 Å². The Kier molecular flexibility index (Phi) is 4.34. The summed E-state index contributed by atoms with van der Waals surface area (Å²) in [7, 11) is -3.30. The van der Waals surface area contributed by atoms with E-state index in [0.29, 0.717) is 0 Å². The van der Waals surface area contributed by atoms with Gasteiger partial charge in [0.25, 0.3) is 0 Å². The van der Waals surface area contributed by atoms with Crippen LogP contribution in [0.1, 0.15) is 36.4 Å². The third kappa shape index (κ3) is 3.89. The Morgan fingerprint density at radius 2 is 2.18 bits per heavy atom. The molecule has 6 heteroatoms. The van der Waals surface area contributed by atoms with Crippen LogP contribution in [0.2, 0.25) is 0 Å². The van der Waals surface area contributed by atoms with Crippen molar-refractivity contribution in [2.75, 3.05) is 5.75 Å². The van der Waals surface area contributed by atoms with Crippen LogP contribution in [-0.4, -0.2) is 25.2 Å². The molecule has 0 radical (unpaired) electrons. The lowest BCUT2D eigenvalue weighted by Gasteiger charge is -2.08. The van der Waals surface area contributed by atoms with Crippen molar-refractivity contribution in [3.05, 3.63) is 23.7 Å². The van der Waals surface area contributed by atoms with E-state index in [1.165, 1.54) is 12.3 Å². The van der Waals surface area contributed by atoms with Gasteiger partial charge in [0.15, 0.2) is 9.84 Å². The van der Waals surface area contributed by atoms with Crippen LogP contribution in [-0.2, 0) is 15.6 Å². The summed E-state index contributed by atoms with van der Waals surface area (Å²) >= 11 is 0. The molecule has 0 amide bonds. The lowest BCUT2D eigenvalue weighted by Crippen LogP contribution is -2.16. The molecule has 0 aliphatic rings. The Morgan fingerprint density at radius 3 is 2.71 bits per heavy atom. The normalized spacial score (nSPS) is 13.5. The predicted molar refractivity (Wildman–Crippen MR) is 62.6 cm³/mol. The van der Waals surface area contributed by atoms with Gasteiger partial charge in [0.05, 0.1) is 17.8 Å². The van der Waals surface area contributed by atoms with E-state index in [1.807, 2.05) is 13.8 Å². The van der Waals surface area contributed by atoms with Gasteiger partial charge in [-0.25, -0.2) is 13.2 Å². The molecule has 1 rings (SSSR count). The van der Waals surface area contributed by atoms with E-state index < -0.39 is 15.8 Å². The van der Waals surface area contributed by atoms with E-state index in [0.717, 1.165) is 6.42 Å². The summed E-state index contributed by atoms with van der Waals surface area (Å²) in [6, 6.07) is 1.39.